The molecule has 0 saturated heterocycles. The van der Waals surface area contributed by atoms with Crippen LogP contribution in [0, 0.1) is 0 Å². The van der Waals surface area contributed by atoms with Gasteiger partial charge in [0.05, 0.1) is 21.4 Å². The molecule has 7 nitrogen and oxygen atoms in total. The van der Waals surface area contributed by atoms with E-state index in [1.54, 1.807) is 6.82 Å². The molecule has 4 heterocycles. The number of nitrogens with one attached hydrogen (secondary N) is 1. The maximum Gasteiger partial charge on any atom is 0.376 e. The Morgan fingerprint density at radius 3 is 1.73 bits per heavy atom. The van der Waals surface area contributed by atoms with Gasteiger partial charge in [0, 0.05) is 36.6 Å². The van der Waals surface area contributed by atoms with Gasteiger partial charge in [-0.1, -0.05) is 35.4 Å². The van der Waals surface area contributed by atoms with Crippen LogP contribution in [0.1, 0.15) is 35.4 Å². The number of pyridine rings is 2. The molecule has 4 N–H and O–H groups in total. The molecule has 0 unspecified atom stereocenters. The molecule has 0 amide bonds. The predicted molar refractivity (Wildman–Crippen MR) is 158 cm³/mol. The van der Waals surface area contributed by atoms with Crippen molar-refractivity contribution in [1.82, 2.24) is 20.1 Å². The smallest absolute Gasteiger partial charge is 0.376 e. The number of alkyl halides is 4. The van der Waals surface area contributed by atoms with E-state index in [2.05, 4.69) is 15.3 Å². The second-order valence-corrected chi connectivity index (χ2v) is 9.94. The van der Waals surface area contributed by atoms with Crippen LogP contribution >= 0.6 is 48.0 Å². The summed E-state index contributed by atoms with van der Waals surface area (Å²) in [6, 6.07) is 2.31. The average Bonchev–Trinajstić information content (AvgIpc) is 2.93. The van der Waals surface area contributed by atoms with Gasteiger partial charge in [-0.05, 0) is 56.0 Å². The Morgan fingerprint density at radius 2 is 1.39 bits per heavy atom. The quantitative estimate of drug-likeness (QED) is 0.243. The van der Waals surface area contributed by atoms with Crippen molar-refractivity contribution in [3.63, 3.8) is 0 Å². The van der Waals surface area contributed by atoms with Gasteiger partial charge >= 0.3 is 7.05 Å². The molecule has 2 aromatic heterocycles. The number of aliphatic hydroxyl groups excluding tert-OH is 2. The Bertz CT molecular complexity index is 1230. The number of nitrogens with zero attached hydrogens (tertiary/aromatic N) is 3. The number of hydrogen-bond donors (Lipinski definition) is 4. The molecule has 0 aromatic carbocycles. The standard InChI is InChI=1S/C13H16BClF2N2O2.C12H13ClF2N2O.2ClH/c1-14(21)19-4-2-9(3-5-19)12-11(15)6-10(7-18-12)13(16,17)8-20;13-10-5-9(12(14,15)7-18)6-17-11(10)8-1-3-16-4-2-8;;/h2,6-7,20-21H,3-5,8H2,1H3;1,5-6,16,18H,2-4,7H2;2*1H. The molecule has 16 heteroatoms. The minimum absolute atomic E-state index is 0. The fraction of sp³-hybridized carbons (Fsp3) is 0.440. The summed E-state index contributed by atoms with van der Waals surface area (Å²) in [5.74, 6) is -6.66. The fourth-order valence-corrected chi connectivity index (χ4v) is 4.58. The van der Waals surface area contributed by atoms with E-state index in [0.29, 0.717) is 30.9 Å². The van der Waals surface area contributed by atoms with Crippen molar-refractivity contribution >= 4 is 66.2 Å². The fourth-order valence-electron chi connectivity index (χ4n) is 4.01. The van der Waals surface area contributed by atoms with E-state index < -0.39 is 37.7 Å². The lowest BCUT2D eigenvalue weighted by molar-refractivity contribution is -0.0560. The molecule has 4 rings (SSSR count). The third kappa shape index (κ3) is 9.77. The molecular formula is C25H31BCl4F4N4O3. The van der Waals surface area contributed by atoms with E-state index >= 15 is 0 Å². The zero-order valence-electron chi connectivity index (χ0n) is 22.0. The van der Waals surface area contributed by atoms with Gasteiger partial charge in [-0.2, -0.15) is 17.6 Å². The highest BCUT2D eigenvalue weighted by atomic mass is 35.5. The van der Waals surface area contributed by atoms with Crippen molar-refractivity contribution in [2.24, 2.45) is 0 Å². The summed E-state index contributed by atoms with van der Waals surface area (Å²) < 4.78 is 53.3. The van der Waals surface area contributed by atoms with Crippen LogP contribution in [0.4, 0.5) is 17.6 Å². The molecule has 0 saturated carbocycles. The van der Waals surface area contributed by atoms with Gasteiger partial charge in [-0.15, -0.1) is 24.8 Å². The van der Waals surface area contributed by atoms with Crippen molar-refractivity contribution < 1.29 is 32.8 Å². The highest BCUT2D eigenvalue weighted by Crippen LogP contribution is 2.34. The predicted octanol–water partition coefficient (Wildman–Crippen LogP) is 5.06. The second-order valence-electron chi connectivity index (χ2n) is 9.12. The Kier molecular flexibility index (Phi) is 15.0. The Labute approximate surface area is 258 Å². The van der Waals surface area contributed by atoms with Crippen molar-refractivity contribution in [2.75, 3.05) is 39.4 Å². The Hall–Kier alpha value is -1.48. The summed E-state index contributed by atoms with van der Waals surface area (Å²) in [7, 11) is -0.531. The number of rotatable bonds is 7. The second kappa shape index (κ2) is 16.4. The van der Waals surface area contributed by atoms with Gasteiger partial charge in [-0.25, -0.2) is 0 Å². The van der Waals surface area contributed by atoms with Crippen LogP contribution in [-0.2, 0) is 11.8 Å². The molecule has 0 fully saturated rings. The van der Waals surface area contributed by atoms with E-state index in [1.807, 2.05) is 17.0 Å². The van der Waals surface area contributed by atoms with Crippen LogP contribution in [0.25, 0.3) is 11.1 Å². The van der Waals surface area contributed by atoms with Gasteiger partial charge in [0.15, 0.2) is 0 Å². The van der Waals surface area contributed by atoms with Crippen LogP contribution < -0.4 is 5.32 Å². The van der Waals surface area contributed by atoms with E-state index in [9.17, 15) is 22.6 Å². The molecule has 2 aliphatic rings. The summed E-state index contributed by atoms with van der Waals surface area (Å²) in [6.07, 6.45) is 7.34. The summed E-state index contributed by atoms with van der Waals surface area (Å²) in [5.41, 5.74) is 2.07. The zero-order chi connectivity index (χ0) is 28.8. The molecular weight excluding hydrogens is 633 g/mol. The first kappa shape index (κ1) is 37.6. The minimum Gasteiger partial charge on any atom is -0.437 e. The van der Waals surface area contributed by atoms with Crippen LogP contribution in [0.15, 0.2) is 36.7 Å². The molecule has 2 aromatic rings. The summed E-state index contributed by atoms with van der Waals surface area (Å²) in [4.78, 5) is 9.88. The minimum atomic E-state index is -3.35. The van der Waals surface area contributed by atoms with Crippen molar-refractivity contribution in [3.05, 3.63) is 69.2 Å². The summed E-state index contributed by atoms with van der Waals surface area (Å²) >= 11 is 12.0. The third-order valence-electron chi connectivity index (χ3n) is 6.37. The van der Waals surface area contributed by atoms with Gasteiger partial charge in [0.2, 0.25) is 0 Å². The molecule has 0 bridgehead atoms. The first-order chi connectivity index (χ1) is 18.4. The normalized spacial score (nSPS) is 15.9. The van der Waals surface area contributed by atoms with E-state index in [1.165, 1.54) is 6.07 Å². The van der Waals surface area contributed by atoms with Crippen molar-refractivity contribution in [3.8, 4) is 0 Å². The van der Waals surface area contributed by atoms with E-state index in [-0.39, 0.29) is 40.4 Å². The van der Waals surface area contributed by atoms with Crippen LogP contribution in [-0.4, -0.2) is 76.5 Å². The van der Waals surface area contributed by atoms with Crippen LogP contribution in [0.5, 0.6) is 0 Å². The Balaban J connectivity index is 0.000000395. The van der Waals surface area contributed by atoms with Crippen LogP contribution in [0.3, 0.4) is 0 Å². The van der Waals surface area contributed by atoms with Gasteiger partial charge in [0.1, 0.15) is 13.2 Å². The first-order valence-electron chi connectivity index (χ1n) is 12.2. The Morgan fingerprint density at radius 1 is 0.902 bits per heavy atom. The zero-order valence-corrected chi connectivity index (χ0v) is 25.1. The van der Waals surface area contributed by atoms with Crippen LogP contribution in [0.2, 0.25) is 16.9 Å². The lowest BCUT2D eigenvalue weighted by Gasteiger charge is -2.27. The lowest BCUT2D eigenvalue weighted by Crippen LogP contribution is -2.39. The lowest BCUT2D eigenvalue weighted by atomic mass is 9.83. The summed E-state index contributed by atoms with van der Waals surface area (Å²) in [6.45, 7) is 1.90. The largest absolute Gasteiger partial charge is 0.437 e. The molecule has 41 heavy (non-hydrogen) atoms. The SMILES string of the molecule is CB(O)N1CC=C(c2ncc(C(F)(F)CO)cc2Cl)CC1.Cl.Cl.OCC(F)(F)c1cnc(C2=CCNCC2)c(Cl)c1. The molecule has 228 valence electrons. The maximum absolute atomic E-state index is 13.4. The maximum atomic E-state index is 13.4. The molecule has 0 spiro atoms. The van der Waals surface area contributed by atoms with Crippen molar-refractivity contribution in [2.45, 2.75) is 31.5 Å². The number of hydrogen-bond acceptors (Lipinski definition) is 7. The highest BCUT2D eigenvalue weighted by molar-refractivity contribution is 6.45. The third-order valence-corrected chi connectivity index (χ3v) is 6.94. The average molecular weight is 664 g/mol. The van der Waals surface area contributed by atoms with Gasteiger partial charge in [0.25, 0.3) is 11.8 Å². The number of aromatic nitrogens is 2. The molecule has 0 radical (unpaired) electrons. The first-order valence-corrected chi connectivity index (χ1v) is 13.0. The monoisotopic (exact) mass is 662 g/mol. The molecule has 0 aliphatic carbocycles. The summed E-state index contributed by atoms with van der Waals surface area (Å²) in [5, 5.41) is 30.3. The number of aliphatic hydroxyl groups is 2. The molecule has 2 aliphatic heterocycles. The van der Waals surface area contributed by atoms with E-state index in [4.69, 9.17) is 33.4 Å². The van der Waals surface area contributed by atoms with E-state index in [0.717, 1.165) is 49.1 Å². The highest BCUT2D eigenvalue weighted by Gasteiger charge is 2.33. The van der Waals surface area contributed by atoms with Gasteiger partial charge < -0.3 is 25.4 Å². The molecule has 0 atom stereocenters. The topological polar surface area (TPSA) is 102 Å². The number of halogens is 8. The van der Waals surface area contributed by atoms with Gasteiger partial charge in [-0.3, -0.25) is 9.97 Å². The van der Waals surface area contributed by atoms with Crippen molar-refractivity contribution in [1.29, 1.82) is 0 Å².